The molecule has 20 heavy (non-hydrogen) atoms. The van der Waals surface area contributed by atoms with Crippen molar-refractivity contribution in [2.24, 2.45) is 0 Å². The summed E-state index contributed by atoms with van der Waals surface area (Å²) in [5, 5.41) is 2.34. The first-order valence-corrected chi connectivity index (χ1v) is 8.61. The number of alkyl halides is 1. The van der Waals surface area contributed by atoms with E-state index < -0.39 is 0 Å². The van der Waals surface area contributed by atoms with Crippen molar-refractivity contribution in [3.05, 3.63) is 35.9 Å². The Balaban J connectivity index is 1.94. The second-order valence-corrected chi connectivity index (χ2v) is 6.44. The maximum Gasteiger partial charge on any atom is 0.132 e. The highest BCUT2D eigenvalue weighted by Gasteiger charge is 2.26. The Labute approximate surface area is 129 Å². The quantitative estimate of drug-likeness (QED) is 0.755. The Morgan fingerprint density at radius 3 is 3.05 bits per heavy atom. The number of para-hydroxylation sites is 1. The molecule has 0 amide bonds. The molecule has 0 aliphatic carbocycles. The molecule has 1 aromatic heterocycles. The van der Waals surface area contributed by atoms with Crippen LogP contribution in [0.5, 0.6) is 0 Å². The minimum absolute atomic E-state index is 0.667. The highest BCUT2D eigenvalue weighted by molar-refractivity contribution is 9.09. The van der Waals surface area contributed by atoms with Gasteiger partial charge < -0.3 is 4.90 Å². The first-order valence-electron chi connectivity index (χ1n) is 7.48. The Kier molecular flexibility index (Phi) is 4.25. The second-order valence-electron chi connectivity index (χ2n) is 5.64. The fraction of sp³-hybridized carbons (Fsp3) is 0.471. The minimum Gasteiger partial charge on any atom is -0.353 e. The third-order valence-corrected chi connectivity index (χ3v) is 4.77. The summed E-state index contributed by atoms with van der Waals surface area (Å²) in [6.07, 6.45) is 5.11. The number of aromatic nitrogens is 1. The van der Waals surface area contributed by atoms with Crippen molar-refractivity contribution >= 4 is 32.7 Å². The Morgan fingerprint density at radius 1 is 1.35 bits per heavy atom. The number of fused-ring (bicyclic) bond motifs is 1. The van der Waals surface area contributed by atoms with E-state index in [0.29, 0.717) is 6.04 Å². The maximum absolute atomic E-state index is 4.93. The lowest BCUT2D eigenvalue weighted by Crippen LogP contribution is -2.30. The second kappa shape index (κ2) is 6.13. The van der Waals surface area contributed by atoms with Crippen molar-refractivity contribution in [1.29, 1.82) is 0 Å². The molecular weight excluding hydrogens is 312 g/mol. The van der Waals surface area contributed by atoms with Gasteiger partial charge in [0, 0.05) is 23.3 Å². The van der Waals surface area contributed by atoms with Crippen molar-refractivity contribution < 1.29 is 0 Å². The van der Waals surface area contributed by atoms with Gasteiger partial charge in [0.1, 0.15) is 5.82 Å². The van der Waals surface area contributed by atoms with Crippen LogP contribution in [0, 0.1) is 6.92 Å². The van der Waals surface area contributed by atoms with Gasteiger partial charge in [-0.2, -0.15) is 0 Å². The summed E-state index contributed by atoms with van der Waals surface area (Å²) in [7, 11) is 0. The Hall–Kier alpha value is -1.09. The van der Waals surface area contributed by atoms with Gasteiger partial charge in [-0.15, -0.1) is 0 Å². The molecule has 1 aromatic carbocycles. The fourth-order valence-electron chi connectivity index (χ4n) is 3.23. The Morgan fingerprint density at radius 2 is 2.20 bits per heavy atom. The molecule has 0 spiro atoms. The molecule has 1 aliphatic heterocycles. The van der Waals surface area contributed by atoms with Crippen molar-refractivity contribution in [1.82, 2.24) is 4.98 Å². The van der Waals surface area contributed by atoms with Gasteiger partial charge in [0.2, 0.25) is 0 Å². The number of halogens is 1. The molecule has 106 valence electrons. The average Bonchev–Trinajstić information content (AvgIpc) is 2.92. The van der Waals surface area contributed by atoms with Crippen molar-refractivity contribution in [3.63, 3.8) is 0 Å². The summed E-state index contributed by atoms with van der Waals surface area (Å²) in [5.41, 5.74) is 2.41. The van der Waals surface area contributed by atoms with E-state index in [1.54, 1.807) is 0 Å². The van der Waals surface area contributed by atoms with Crippen molar-refractivity contribution in [3.8, 4) is 0 Å². The van der Waals surface area contributed by atoms with Gasteiger partial charge in [-0.3, -0.25) is 0 Å². The van der Waals surface area contributed by atoms with Crippen LogP contribution in [-0.2, 0) is 0 Å². The summed E-state index contributed by atoms with van der Waals surface area (Å²) in [6, 6.07) is 11.4. The number of anilines is 1. The summed E-state index contributed by atoms with van der Waals surface area (Å²) < 4.78 is 0. The predicted molar refractivity (Wildman–Crippen MR) is 89.9 cm³/mol. The van der Waals surface area contributed by atoms with Gasteiger partial charge in [0.05, 0.1) is 5.52 Å². The summed E-state index contributed by atoms with van der Waals surface area (Å²) in [5.74, 6) is 1.20. The number of rotatable bonds is 4. The SMILES string of the molecule is Cc1cc2ccccc2nc1N1CCCC1CCCBr. The highest BCUT2D eigenvalue weighted by Crippen LogP contribution is 2.31. The van der Waals surface area contributed by atoms with Crippen LogP contribution in [0.15, 0.2) is 30.3 Å². The molecule has 2 aromatic rings. The van der Waals surface area contributed by atoms with Crippen LogP contribution in [0.3, 0.4) is 0 Å². The molecule has 3 rings (SSSR count). The van der Waals surface area contributed by atoms with E-state index in [1.807, 2.05) is 0 Å². The molecule has 2 heterocycles. The number of hydrogen-bond acceptors (Lipinski definition) is 2. The number of pyridine rings is 1. The normalized spacial score (nSPS) is 18.9. The van der Waals surface area contributed by atoms with E-state index in [9.17, 15) is 0 Å². The minimum atomic E-state index is 0.667. The lowest BCUT2D eigenvalue weighted by atomic mass is 10.1. The monoisotopic (exact) mass is 332 g/mol. The van der Waals surface area contributed by atoms with Crippen LogP contribution in [-0.4, -0.2) is 22.9 Å². The van der Waals surface area contributed by atoms with Crippen LogP contribution in [0.25, 0.3) is 10.9 Å². The summed E-state index contributed by atoms with van der Waals surface area (Å²) in [6.45, 7) is 3.34. The molecule has 1 atom stereocenters. The largest absolute Gasteiger partial charge is 0.353 e. The van der Waals surface area contributed by atoms with Crippen molar-refractivity contribution in [2.75, 3.05) is 16.8 Å². The van der Waals surface area contributed by atoms with Crippen LogP contribution < -0.4 is 4.90 Å². The topological polar surface area (TPSA) is 16.1 Å². The zero-order valence-electron chi connectivity index (χ0n) is 12.0. The molecule has 2 nitrogen and oxygen atoms in total. The number of benzene rings is 1. The standard InChI is InChI=1S/C17H21BrN2/c1-13-12-14-6-2-3-9-16(14)19-17(13)20-11-5-8-15(20)7-4-10-18/h2-3,6,9,12,15H,4-5,7-8,10-11H2,1H3. The van der Waals surface area contributed by atoms with Crippen LogP contribution in [0.1, 0.15) is 31.2 Å². The van der Waals surface area contributed by atoms with Gasteiger partial charge in [0.25, 0.3) is 0 Å². The molecule has 1 fully saturated rings. The van der Waals surface area contributed by atoms with Crippen molar-refractivity contribution in [2.45, 2.75) is 38.6 Å². The van der Waals surface area contributed by atoms with E-state index in [2.05, 4.69) is 58.1 Å². The molecule has 1 saturated heterocycles. The molecular formula is C17H21BrN2. The number of nitrogens with zero attached hydrogens (tertiary/aromatic N) is 2. The third kappa shape index (κ3) is 2.69. The zero-order valence-corrected chi connectivity index (χ0v) is 13.6. The van der Waals surface area contributed by atoms with Gasteiger partial charge in [-0.05, 0) is 50.3 Å². The first kappa shape index (κ1) is 13.9. The summed E-state index contributed by atoms with van der Waals surface area (Å²) in [4.78, 5) is 7.46. The third-order valence-electron chi connectivity index (χ3n) is 4.21. The van der Waals surface area contributed by atoms with Crippen LogP contribution >= 0.6 is 15.9 Å². The number of aryl methyl sites for hydroxylation is 1. The van der Waals surface area contributed by atoms with E-state index in [-0.39, 0.29) is 0 Å². The number of hydrogen-bond donors (Lipinski definition) is 0. The maximum atomic E-state index is 4.93. The molecule has 0 bridgehead atoms. The smallest absolute Gasteiger partial charge is 0.132 e. The predicted octanol–water partition coefficient (Wildman–Crippen LogP) is 4.69. The summed E-state index contributed by atoms with van der Waals surface area (Å²) >= 11 is 3.55. The molecule has 1 unspecified atom stereocenters. The van der Waals surface area contributed by atoms with Gasteiger partial charge in [-0.25, -0.2) is 4.98 Å². The highest BCUT2D eigenvalue weighted by atomic mass is 79.9. The zero-order chi connectivity index (χ0) is 13.9. The van der Waals surface area contributed by atoms with E-state index in [0.717, 1.165) is 17.4 Å². The van der Waals surface area contributed by atoms with E-state index in [4.69, 9.17) is 4.98 Å². The lowest BCUT2D eigenvalue weighted by Gasteiger charge is -2.27. The molecule has 0 radical (unpaired) electrons. The fourth-order valence-corrected chi connectivity index (χ4v) is 3.55. The molecule has 3 heteroatoms. The van der Waals surface area contributed by atoms with E-state index in [1.165, 1.54) is 42.5 Å². The van der Waals surface area contributed by atoms with E-state index >= 15 is 0 Å². The molecule has 1 aliphatic rings. The molecule has 0 N–H and O–H groups in total. The van der Waals surface area contributed by atoms with Gasteiger partial charge >= 0.3 is 0 Å². The first-order chi connectivity index (χ1) is 9.79. The van der Waals surface area contributed by atoms with Gasteiger partial charge in [-0.1, -0.05) is 34.1 Å². The Bertz CT molecular complexity index is 597. The van der Waals surface area contributed by atoms with Gasteiger partial charge in [0.15, 0.2) is 0 Å². The van der Waals surface area contributed by atoms with Crippen LogP contribution in [0.2, 0.25) is 0 Å². The molecule has 0 saturated carbocycles. The lowest BCUT2D eigenvalue weighted by molar-refractivity contribution is 0.600. The van der Waals surface area contributed by atoms with Crippen LogP contribution in [0.4, 0.5) is 5.82 Å². The average molecular weight is 333 g/mol.